The van der Waals surface area contributed by atoms with Crippen LogP contribution in [0.4, 0.5) is 31.5 Å². The number of hydrogen-bond donors (Lipinski definition) is 4. The van der Waals surface area contributed by atoms with Gasteiger partial charge in [-0.2, -0.15) is 0 Å². The van der Waals surface area contributed by atoms with E-state index in [1.807, 2.05) is 0 Å². The smallest absolute Gasteiger partial charge is 0.255 e. The number of nitrogens with two attached hydrogens (primary N) is 2. The predicted molar refractivity (Wildman–Crippen MR) is 131 cm³/mol. The van der Waals surface area contributed by atoms with Gasteiger partial charge < -0.3 is 26.5 Å². The minimum absolute atomic E-state index is 0.00194. The molecule has 7 nitrogen and oxygen atoms in total. The standard InChI is InChI=1S/C26H18F2N4O3/c27-19-11-15(29)3-7-21(19)31-25(33)13-1-5-17-18-6-2-14(10-24(18)35-23(17)9-13)26(34)32-22-8-4-16(30)12-20(22)28/h1-12H,29-30H2,(H,31,33)(H,32,34). The molecule has 0 spiro atoms. The molecule has 1 heterocycles. The average molecular weight is 472 g/mol. The largest absolute Gasteiger partial charge is 0.456 e. The van der Waals surface area contributed by atoms with Gasteiger partial charge in [-0.1, -0.05) is 0 Å². The van der Waals surface area contributed by atoms with Crippen molar-refractivity contribution in [3.05, 3.63) is 95.6 Å². The van der Waals surface area contributed by atoms with Crippen LogP contribution < -0.4 is 22.1 Å². The van der Waals surface area contributed by atoms with E-state index in [1.165, 1.54) is 36.4 Å². The Morgan fingerprint density at radius 3 is 1.46 bits per heavy atom. The van der Waals surface area contributed by atoms with Gasteiger partial charge in [-0.25, -0.2) is 8.78 Å². The number of benzene rings is 4. The summed E-state index contributed by atoms with van der Waals surface area (Å²) in [7, 11) is 0. The number of nitrogen functional groups attached to an aromatic ring is 2. The van der Waals surface area contributed by atoms with Gasteiger partial charge in [0.15, 0.2) is 0 Å². The monoisotopic (exact) mass is 472 g/mol. The molecule has 0 saturated carbocycles. The van der Waals surface area contributed by atoms with Gasteiger partial charge in [-0.3, -0.25) is 9.59 Å². The van der Waals surface area contributed by atoms with E-state index < -0.39 is 23.4 Å². The third kappa shape index (κ3) is 4.22. The number of amides is 2. The number of halogens is 2. The zero-order chi connectivity index (χ0) is 24.7. The lowest BCUT2D eigenvalue weighted by Gasteiger charge is -2.07. The van der Waals surface area contributed by atoms with Crippen LogP contribution in [-0.2, 0) is 0 Å². The van der Waals surface area contributed by atoms with E-state index in [4.69, 9.17) is 15.9 Å². The topological polar surface area (TPSA) is 123 Å². The molecule has 174 valence electrons. The third-order valence-electron chi connectivity index (χ3n) is 5.48. The summed E-state index contributed by atoms with van der Waals surface area (Å²) >= 11 is 0. The Morgan fingerprint density at radius 2 is 1.06 bits per heavy atom. The number of carbonyl (C=O) groups excluding carboxylic acids is 2. The SMILES string of the molecule is Nc1ccc(NC(=O)c2ccc3c(c2)oc2cc(C(=O)Nc4ccc(N)cc4F)ccc23)c(F)c1. The maximum Gasteiger partial charge on any atom is 0.255 e. The van der Waals surface area contributed by atoms with Crippen molar-refractivity contribution >= 4 is 56.5 Å². The van der Waals surface area contributed by atoms with Gasteiger partial charge in [0.2, 0.25) is 0 Å². The molecule has 0 bridgehead atoms. The summed E-state index contributed by atoms with van der Waals surface area (Å²) < 4.78 is 33.9. The fourth-order valence-corrected chi connectivity index (χ4v) is 3.71. The molecule has 0 atom stereocenters. The fraction of sp³-hybridized carbons (Fsp3) is 0. The molecule has 4 aromatic carbocycles. The molecule has 0 aliphatic heterocycles. The Bertz CT molecular complexity index is 1530. The average Bonchev–Trinajstić information content (AvgIpc) is 3.19. The first-order chi connectivity index (χ1) is 16.8. The molecule has 0 saturated heterocycles. The summed E-state index contributed by atoms with van der Waals surface area (Å²) in [4.78, 5) is 25.3. The van der Waals surface area contributed by atoms with Crippen molar-refractivity contribution in [2.24, 2.45) is 0 Å². The summed E-state index contributed by atoms with van der Waals surface area (Å²) in [6, 6.07) is 17.6. The van der Waals surface area contributed by atoms with Crippen LogP contribution in [0, 0.1) is 11.6 Å². The second-order valence-electron chi connectivity index (χ2n) is 7.91. The zero-order valence-corrected chi connectivity index (χ0v) is 18.1. The van der Waals surface area contributed by atoms with E-state index >= 15 is 0 Å². The van der Waals surface area contributed by atoms with Crippen LogP contribution in [0.25, 0.3) is 21.9 Å². The highest BCUT2D eigenvalue weighted by molar-refractivity contribution is 6.12. The zero-order valence-electron chi connectivity index (χ0n) is 18.1. The number of furan rings is 1. The number of anilines is 4. The van der Waals surface area contributed by atoms with E-state index in [1.54, 1.807) is 24.3 Å². The first-order valence-corrected chi connectivity index (χ1v) is 10.5. The van der Waals surface area contributed by atoms with Crippen LogP contribution in [0.15, 0.2) is 77.2 Å². The van der Waals surface area contributed by atoms with E-state index in [0.717, 1.165) is 22.9 Å². The van der Waals surface area contributed by atoms with Crippen LogP contribution in [0.3, 0.4) is 0 Å². The maximum atomic E-state index is 14.0. The summed E-state index contributed by atoms with van der Waals surface area (Å²) in [6.07, 6.45) is 0. The number of nitrogens with one attached hydrogen (secondary N) is 2. The molecule has 0 radical (unpaired) electrons. The first kappa shape index (κ1) is 21.9. The van der Waals surface area contributed by atoms with Gasteiger partial charge in [0, 0.05) is 33.3 Å². The first-order valence-electron chi connectivity index (χ1n) is 10.5. The molecular weight excluding hydrogens is 454 g/mol. The molecule has 35 heavy (non-hydrogen) atoms. The fourth-order valence-electron chi connectivity index (χ4n) is 3.71. The lowest BCUT2D eigenvalue weighted by Crippen LogP contribution is -2.13. The lowest BCUT2D eigenvalue weighted by molar-refractivity contribution is 0.101. The quantitative estimate of drug-likeness (QED) is 0.256. The Hall–Kier alpha value is -4.92. The van der Waals surface area contributed by atoms with Crippen molar-refractivity contribution in [3.8, 4) is 0 Å². The van der Waals surface area contributed by atoms with Crippen molar-refractivity contribution in [2.75, 3.05) is 22.1 Å². The number of rotatable bonds is 4. The molecule has 0 fully saturated rings. The number of carbonyl (C=O) groups is 2. The highest BCUT2D eigenvalue weighted by Gasteiger charge is 2.16. The molecular formula is C26H18F2N4O3. The van der Waals surface area contributed by atoms with Crippen LogP contribution >= 0.6 is 0 Å². The Labute approximate surface area is 197 Å². The van der Waals surface area contributed by atoms with Gasteiger partial charge in [0.05, 0.1) is 11.4 Å². The molecule has 9 heteroatoms. The highest BCUT2D eigenvalue weighted by Crippen LogP contribution is 2.31. The van der Waals surface area contributed by atoms with E-state index in [2.05, 4.69) is 10.6 Å². The summed E-state index contributed by atoms with van der Waals surface area (Å²) in [5.74, 6) is -2.34. The van der Waals surface area contributed by atoms with Crippen LogP contribution in [-0.4, -0.2) is 11.8 Å². The Morgan fingerprint density at radius 1 is 0.629 bits per heavy atom. The minimum Gasteiger partial charge on any atom is -0.456 e. The summed E-state index contributed by atoms with van der Waals surface area (Å²) in [5.41, 5.74) is 12.9. The lowest BCUT2D eigenvalue weighted by atomic mass is 10.1. The molecule has 5 aromatic rings. The van der Waals surface area contributed by atoms with E-state index in [0.29, 0.717) is 11.2 Å². The molecule has 0 unspecified atom stereocenters. The van der Waals surface area contributed by atoms with Crippen LogP contribution in [0.5, 0.6) is 0 Å². The van der Waals surface area contributed by atoms with Gasteiger partial charge in [0.25, 0.3) is 11.8 Å². The van der Waals surface area contributed by atoms with Gasteiger partial charge in [-0.15, -0.1) is 0 Å². The normalized spacial score (nSPS) is 11.0. The van der Waals surface area contributed by atoms with Crippen LogP contribution in [0.2, 0.25) is 0 Å². The summed E-state index contributed by atoms with van der Waals surface area (Å²) in [5, 5.41) is 6.47. The predicted octanol–water partition coefficient (Wildman–Crippen LogP) is 5.53. The third-order valence-corrected chi connectivity index (χ3v) is 5.48. The van der Waals surface area contributed by atoms with Gasteiger partial charge >= 0.3 is 0 Å². The van der Waals surface area contributed by atoms with Crippen molar-refractivity contribution < 1.29 is 22.8 Å². The van der Waals surface area contributed by atoms with Crippen LogP contribution in [0.1, 0.15) is 20.7 Å². The molecule has 6 N–H and O–H groups in total. The van der Waals surface area contributed by atoms with Gasteiger partial charge in [-0.05, 0) is 72.8 Å². The second kappa shape index (κ2) is 8.45. The van der Waals surface area contributed by atoms with Crippen molar-refractivity contribution in [1.82, 2.24) is 0 Å². The minimum atomic E-state index is -0.646. The van der Waals surface area contributed by atoms with Crippen molar-refractivity contribution in [2.45, 2.75) is 0 Å². The maximum absolute atomic E-state index is 14.0. The summed E-state index contributed by atoms with van der Waals surface area (Å²) in [6.45, 7) is 0. The Balaban J connectivity index is 1.42. The molecule has 0 aliphatic carbocycles. The second-order valence-corrected chi connectivity index (χ2v) is 7.91. The van der Waals surface area contributed by atoms with Gasteiger partial charge in [0.1, 0.15) is 22.8 Å². The van der Waals surface area contributed by atoms with Crippen molar-refractivity contribution in [3.63, 3.8) is 0 Å². The van der Waals surface area contributed by atoms with Crippen molar-refractivity contribution in [1.29, 1.82) is 0 Å². The molecule has 5 rings (SSSR count). The number of hydrogen-bond acceptors (Lipinski definition) is 5. The van der Waals surface area contributed by atoms with E-state index in [-0.39, 0.29) is 33.9 Å². The molecule has 1 aromatic heterocycles. The highest BCUT2D eigenvalue weighted by atomic mass is 19.1. The number of fused-ring (bicyclic) bond motifs is 3. The molecule has 0 aliphatic rings. The molecule has 2 amide bonds. The van der Waals surface area contributed by atoms with E-state index in [9.17, 15) is 18.4 Å². The Kier molecular flexibility index (Phi) is 5.29.